The van der Waals surface area contributed by atoms with E-state index in [0.29, 0.717) is 23.8 Å². The predicted molar refractivity (Wildman–Crippen MR) is 118 cm³/mol. The molecule has 33 heavy (non-hydrogen) atoms. The van der Waals surface area contributed by atoms with Gasteiger partial charge in [0, 0.05) is 12.3 Å². The molecule has 3 aromatic heterocycles. The third kappa shape index (κ3) is 4.93. The molecule has 166 valence electrons. The minimum atomic E-state index is -2.41. The topological polar surface area (TPSA) is 111 Å². The molecular formula is C23H20FN6O3+. The Morgan fingerprint density at radius 3 is 2.76 bits per heavy atom. The summed E-state index contributed by atoms with van der Waals surface area (Å²) in [4.78, 5) is 23.7. The van der Waals surface area contributed by atoms with Crippen LogP contribution < -0.4 is 0 Å². The highest BCUT2D eigenvalue weighted by molar-refractivity contribution is 5.77. The summed E-state index contributed by atoms with van der Waals surface area (Å²) in [6.45, 7) is 1.95. The van der Waals surface area contributed by atoms with E-state index in [1.54, 1.807) is 16.8 Å². The lowest BCUT2D eigenvalue weighted by Gasteiger charge is -2.12. The first kappa shape index (κ1) is 21.8. The van der Waals surface area contributed by atoms with Crippen molar-refractivity contribution in [2.24, 2.45) is 0 Å². The Labute approximate surface area is 188 Å². The van der Waals surface area contributed by atoms with Crippen LogP contribution in [0.4, 0.5) is 10.2 Å². The number of carboxylic acids is 1. The minimum absolute atomic E-state index is 0.191. The van der Waals surface area contributed by atoms with Crippen LogP contribution in [0.15, 0.2) is 65.5 Å². The molecule has 0 saturated carbocycles. The molecule has 1 atom stereocenters. The molecule has 3 heterocycles. The third-order valence-corrected chi connectivity index (χ3v) is 5.02. The van der Waals surface area contributed by atoms with Crippen LogP contribution in [0.25, 0.3) is 27.8 Å². The van der Waals surface area contributed by atoms with Gasteiger partial charge in [0.15, 0.2) is 11.8 Å². The molecule has 1 unspecified atom stereocenters. The lowest BCUT2D eigenvalue weighted by molar-refractivity contribution is -0.150. The van der Waals surface area contributed by atoms with Gasteiger partial charge in [0.05, 0.1) is 18.3 Å². The van der Waals surface area contributed by atoms with Gasteiger partial charge in [0.2, 0.25) is 5.67 Å². The molecule has 0 aliphatic heterocycles. The summed E-state index contributed by atoms with van der Waals surface area (Å²) >= 11 is 0. The number of hydrogen-bond acceptors (Lipinski definition) is 6. The second-order valence-electron chi connectivity index (χ2n) is 7.25. The average molecular weight is 447 g/mol. The van der Waals surface area contributed by atoms with Gasteiger partial charge in [-0.05, 0) is 23.0 Å². The molecule has 10 heteroatoms. The molecule has 9 nitrogen and oxygen atoms in total. The van der Waals surface area contributed by atoms with Gasteiger partial charge in [-0.25, -0.2) is 14.2 Å². The van der Waals surface area contributed by atoms with Gasteiger partial charge in [0.1, 0.15) is 18.4 Å². The number of carbonyl (C=O) groups is 1. The van der Waals surface area contributed by atoms with Crippen LogP contribution in [0, 0.1) is 6.07 Å². The Morgan fingerprint density at radius 1 is 1.24 bits per heavy atom. The molecule has 0 spiro atoms. The molecule has 0 bridgehead atoms. The Bertz CT molecular complexity index is 1310. The molecule has 4 aromatic rings. The van der Waals surface area contributed by atoms with Gasteiger partial charge in [-0.3, -0.25) is 4.68 Å². The van der Waals surface area contributed by atoms with Crippen LogP contribution in [0.5, 0.6) is 0 Å². The van der Waals surface area contributed by atoms with Crippen molar-refractivity contribution in [2.75, 3.05) is 0 Å². The maximum absolute atomic E-state index is 14.3. The van der Waals surface area contributed by atoms with Crippen molar-refractivity contribution in [3.05, 3.63) is 71.4 Å². The van der Waals surface area contributed by atoms with E-state index in [2.05, 4.69) is 31.1 Å². The number of aromatic nitrogens is 5. The summed E-state index contributed by atoms with van der Waals surface area (Å²) in [6.07, 6.45) is 2.30. The second kappa shape index (κ2) is 9.40. The number of hydrogen-bond donors (Lipinski definition) is 1. The van der Waals surface area contributed by atoms with Crippen LogP contribution in [0.1, 0.15) is 25.3 Å². The highest BCUT2D eigenvalue weighted by Crippen LogP contribution is 2.26. The van der Waals surface area contributed by atoms with Crippen LogP contribution in [0.3, 0.4) is 0 Å². The smallest absolute Gasteiger partial charge is 0.429 e. The molecule has 1 N–H and O–H groups in total. The lowest BCUT2D eigenvalue weighted by atomic mass is 10.0. The maximum Gasteiger partial charge on any atom is 0.429 e. The first-order chi connectivity index (χ1) is 16.0. The lowest BCUT2D eigenvalue weighted by Crippen LogP contribution is -2.32. The van der Waals surface area contributed by atoms with Crippen molar-refractivity contribution in [2.45, 2.75) is 32.0 Å². The van der Waals surface area contributed by atoms with Crippen LogP contribution in [0.2, 0.25) is 0 Å². The Hall–Kier alpha value is -4.39. The maximum atomic E-state index is 14.3. The van der Waals surface area contributed by atoms with Crippen molar-refractivity contribution in [1.82, 2.24) is 24.9 Å². The zero-order valence-electron chi connectivity index (χ0n) is 17.7. The average Bonchev–Trinajstić information content (AvgIpc) is 3.50. The quantitative estimate of drug-likeness (QED) is 0.441. The zero-order valence-corrected chi connectivity index (χ0v) is 17.7. The minimum Gasteiger partial charge on any atom is -0.479 e. The number of nitrogens with zero attached hydrogens (tertiary/aromatic N) is 6. The number of rotatable bonds is 7. The largest absolute Gasteiger partial charge is 0.479 e. The predicted octanol–water partition coefficient (Wildman–Crippen LogP) is 4.60. The molecular weight excluding hydrogens is 427 g/mol. The fourth-order valence-corrected chi connectivity index (χ4v) is 3.09. The van der Waals surface area contributed by atoms with Gasteiger partial charge in [-0.2, -0.15) is 9.94 Å². The van der Waals surface area contributed by atoms with E-state index in [-0.39, 0.29) is 12.2 Å². The number of alkyl halides is 1. The number of carboxylic acid groups (broad SMARTS) is 1. The van der Waals surface area contributed by atoms with Crippen molar-refractivity contribution in [3.8, 4) is 29.0 Å². The summed E-state index contributed by atoms with van der Waals surface area (Å²) in [5.41, 5.74) is 0.454. The summed E-state index contributed by atoms with van der Waals surface area (Å²) in [5, 5.41) is 17.7. The van der Waals surface area contributed by atoms with Gasteiger partial charge in [-0.15, -0.1) is 0 Å². The summed E-state index contributed by atoms with van der Waals surface area (Å²) in [7, 11) is 0. The van der Waals surface area contributed by atoms with Crippen molar-refractivity contribution in [3.63, 3.8) is 0 Å². The number of benzene rings is 1. The van der Waals surface area contributed by atoms with E-state index in [1.807, 2.05) is 30.3 Å². The Kier molecular flexibility index (Phi) is 6.22. The molecule has 0 saturated heterocycles. The van der Waals surface area contributed by atoms with E-state index in [4.69, 9.17) is 9.63 Å². The van der Waals surface area contributed by atoms with Crippen LogP contribution in [-0.4, -0.2) is 41.6 Å². The summed E-state index contributed by atoms with van der Waals surface area (Å²) in [6, 6.07) is 17.3. The molecule has 0 aliphatic rings. The standard InChI is InChI=1S/C23H19FN6O3/c1-2-23(24,22(31)32)10-12-25-20-8-11-26-21(27-20)18-14-19(17-9-13-33-29-17)30(28-18)15-16-6-4-3-5-7-16/h3-9,11,13-14H,2,10,15H2,1H3/p+1. The SMILES string of the molecule is CCC(F)(CC#[N+]c1ccnc(-c2cc(-c3ccon3)n(Cc3ccccc3)n2)n1)C(=O)O. The van der Waals surface area contributed by atoms with Gasteiger partial charge < -0.3 is 9.63 Å². The van der Waals surface area contributed by atoms with E-state index in [1.165, 1.54) is 25.5 Å². The highest BCUT2D eigenvalue weighted by atomic mass is 19.1. The normalized spacial score (nSPS) is 12.5. The third-order valence-electron chi connectivity index (χ3n) is 5.02. The summed E-state index contributed by atoms with van der Waals surface area (Å²) in [5.74, 6) is -1.03. The van der Waals surface area contributed by atoms with Crippen LogP contribution >= 0.6 is 0 Å². The fraction of sp³-hybridized carbons (Fsp3) is 0.217. The van der Waals surface area contributed by atoms with Gasteiger partial charge >= 0.3 is 11.8 Å². The van der Waals surface area contributed by atoms with E-state index in [9.17, 15) is 9.18 Å². The van der Waals surface area contributed by atoms with Crippen molar-refractivity contribution in [1.29, 1.82) is 0 Å². The fourth-order valence-electron chi connectivity index (χ4n) is 3.09. The monoisotopic (exact) mass is 447 g/mol. The van der Waals surface area contributed by atoms with E-state index >= 15 is 0 Å². The second-order valence-corrected chi connectivity index (χ2v) is 7.25. The molecule has 0 aliphatic carbocycles. The van der Waals surface area contributed by atoms with E-state index < -0.39 is 18.1 Å². The highest BCUT2D eigenvalue weighted by Gasteiger charge is 2.37. The summed E-state index contributed by atoms with van der Waals surface area (Å²) < 4.78 is 21.0. The van der Waals surface area contributed by atoms with Gasteiger partial charge in [-0.1, -0.05) is 42.4 Å². The molecule has 0 amide bonds. The van der Waals surface area contributed by atoms with Crippen LogP contribution in [-0.2, 0) is 11.3 Å². The first-order valence-corrected chi connectivity index (χ1v) is 10.2. The number of halogens is 1. The van der Waals surface area contributed by atoms with Crippen molar-refractivity contribution < 1.29 is 18.8 Å². The molecule has 0 fully saturated rings. The first-order valence-electron chi connectivity index (χ1n) is 10.2. The number of aliphatic carboxylic acids is 1. The Balaban J connectivity index is 1.64. The van der Waals surface area contributed by atoms with E-state index in [0.717, 1.165) is 11.3 Å². The van der Waals surface area contributed by atoms with Gasteiger partial charge in [0.25, 0.3) is 5.82 Å². The molecule has 4 rings (SSSR count). The zero-order chi connectivity index (χ0) is 23.3. The molecule has 0 radical (unpaired) electrons. The Morgan fingerprint density at radius 2 is 2.06 bits per heavy atom. The molecule has 1 aromatic carbocycles. The van der Waals surface area contributed by atoms with Crippen molar-refractivity contribution >= 4 is 11.8 Å².